The molecule has 1 aliphatic carbocycles. The SMILES string of the molecule is CCOC(=O)C1=C(C)NC2=C(C(=O)CC(C)(C)C2)[C@@H]1c1ccc2c(c1)OCO2. The lowest BCUT2D eigenvalue weighted by Crippen LogP contribution is -2.38. The molecule has 0 saturated carbocycles. The summed E-state index contributed by atoms with van der Waals surface area (Å²) in [6.45, 7) is 8.26. The summed E-state index contributed by atoms with van der Waals surface area (Å²) in [5.74, 6) is 0.479. The van der Waals surface area contributed by atoms with Crippen LogP contribution in [0.2, 0.25) is 0 Å². The second-order valence-corrected chi connectivity index (χ2v) is 8.26. The molecule has 1 atom stereocenters. The zero-order chi connectivity index (χ0) is 20.1. The number of carbonyl (C=O) groups excluding carboxylic acids is 2. The highest BCUT2D eigenvalue weighted by molar-refractivity contribution is 6.04. The van der Waals surface area contributed by atoms with Gasteiger partial charge in [0.2, 0.25) is 6.79 Å². The van der Waals surface area contributed by atoms with Gasteiger partial charge in [0.05, 0.1) is 12.2 Å². The van der Waals surface area contributed by atoms with Crippen LogP contribution in [0.15, 0.2) is 40.7 Å². The number of fused-ring (bicyclic) bond motifs is 1. The summed E-state index contributed by atoms with van der Waals surface area (Å²) in [7, 11) is 0. The number of benzene rings is 1. The fourth-order valence-electron chi connectivity index (χ4n) is 4.34. The highest BCUT2D eigenvalue weighted by Crippen LogP contribution is 2.48. The molecule has 0 saturated heterocycles. The molecule has 0 amide bonds. The fourth-order valence-corrected chi connectivity index (χ4v) is 4.34. The number of rotatable bonds is 3. The number of hydrogen-bond acceptors (Lipinski definition) is 6. The minimum absolute atomic E-state index is 0.0655. The number of ether oxygens (including phenoxy) is 3. The third-order valence-electron chi connectivity index (χ3n) is 5.47. The van der Waals surface area contributed by atoms with E-state index in [2.05, 4.69) is 19.2 Å². The fraction of sp³-hybridized carbons (Fsp3) is 0.455. The van der Waals surface area contributed by atoms with Crippen LogP contribution in [0.3, 0.4) is 0 Å². The molecule has 1 aromatic rings. The first-order valence-electron chi connectivity index (χ1n) is 9.61. The second kappa shape index (κ2) is 6.69. The van der Waals surface area contributed by atoms with Gasteiger partial charge < -0.3 is 19.5 Å². The Morgan fingerprint density at radius 1 is 1.25 bits per heavy atom. The smallest absolute Gasteiger partial charge is 0.336 e. The standard InChI is InChI=1S/C22H25NO5/c1-5-26-21(25)18-12(2)23-14-9-22(3,4)10-15(24)20(14)19(18)13-6-7-16-17(8-13)28-11-27-16/h6-8,19,23H,5,9-11H2,1-4H3/t19-/m1/s1. The molecule has 0 radical (unpaired) electrons. The maximum atomic E-state index is 13.2. The van der Waals surface area contributed by atoms with Crippen molar-refractivity contribution in [3.63, 3.8) is 0 Å². The van der Waals surface area contributed by atoms with Gasteiger partial charge in [0.25, 0.3) is 0 Å². The molecule has 1 aromatic carbocycles. The van der Waals surface area contributed by atoms with Gasteiger partial charge in [-0.15, -0.1) is 0 Å². The first-order valence-corrected chi connectivity index (χ1v) is 9.61. The molecule has 4 rings (SSSR count). The lowest BCUT2D eigenvalue weighted by atomic mass is 9.68. The molecule has 0 unspecified atom stereocenters. The van der Waals surface area contributed by atoms with E-state index in [-0.39, 0.29) is 24.6 Å². The van der Waals surface area contributed by atoms with E-state index in [1.807, 2.05) is 25.1 Å². The monoisotopic (exact) mass is 383 g/mol. The third kappa shape index (κ3) is 3.07. The normalized spacial score (nSPS) is 22.7. The van der Waals surface area contributed by atoms with Gasteiger partial charge in [-0.1, -0.05) is 19.9 Å². The molecule has 148 valence electrons. The van der Waals surface area contributed by atoms with Crippen molar-refractivity contribution >= 4 is 11.8 Å². The number of dihydropyridines is 1. The van der Waals surface area contributed by atoms with Crippen molar-refractivity contribution in [3.8, 4) is 11.5 Å². The van der Waals surface area contributed by atoms with E-state index >= 15 is 0 Å². The average Bonchev–Trinajstić information content (AvgIpc) is 3.07. The summed E-state index contributed by atoms with van der Waals surface area (Å²) >= 11 is 0. The Morgan fingerprint density at radius 3 is 2.75 bits per heavy atom. The zero-order valence-corrected chi connectivity index (χ0v) is 16.7. The third-order valence-corrected chi connectivity index (χ3v) is 5.47. The highest BCUT2D eigenvalue weighted by Gasteiger charge is 2.43. The van der Waals surface area contributed by atoms with E-state index in [1.54, 1.807) is 6.92 Å². The van der Waals surface area contributed by atoms with Crippen LogP contribution in [-0.4, -0.2) is 25.2 Å². The van der Waals surface area contributed by atoms with Crippen LogP contribution in [0.4, 0.5) is 0 Å². The van der Waals surface area contributed by atoms with Crippen LogP contribution >= 0.6 is 0 Å². The summed E-state index contributed by atoms with van der Waals surface area (Å²) in [6, 6.07) is 5.59. The summed E-state index contributed by atoms with van der Waals surface area (Å²) < 4.78 is 16.3. The Bertz CT molecular complexity index is 925. The molecule has 0 fully saturated rings. The molecule has 28 heavy (non-hydrogen) atoms. The lowest BCUT2D eigenvalue weighted by molar-refractivity contribution is -0.138. The highest BCUT2D eigenvalue weighted by atomic mass is 16.7. The maximum absolute atomic E-state index is 13.2. The average molecular weight is 383 g/mol. The van der Waals surface area contributed by atoms with Crippen molar-refractivity contribution in [2.75, 3.05) is 13.4 Å². The Balaban J connectivity index is 1.87. The molecule has 6 nitrogen and oxygen atoms in total. The largest absolute Gasteiger partial charge is 0.463 e. The summed E-state index contributed by atoms with van der Waals surface area (Å²) in [5.41, 5.74) is 3.47. The predicted molar refractivity (Wildman–Crippen MR) is 103 cm³/mol. The predicted octanol–water partition coefficient (Wildman–Crippen LogP) is 3.58. The Hall–Kier alpha value is -2.76. The molecule has 0 spiro atoms. The quantitative estimate of drug-likeness (QED) is 0.804. The van der Waals surface area contributed by atoms with Gasteiger partial charge in [0.15, 0.2) is 17.3 Å². The molecule has 6 heteroatoms. The van der Waals surface area contributed by atoms with E-state index in [9.17, 15) is 9.59 Å². The van der Waals surface area contributed by atoms with Gasteiger partial charge in [0.1, 0.15) is 0 Å². The molecule has 0 bridgehead atoms. The first-order chi connectivity index (χ1) is 13.3. The van der Waals surface area contributed by atoms with E-state index in [1.165, 1.54) is 0 Å². The number of allylic oxidation sites excluding steroid dienone is 3. The minimum Gasteiger partial charge on any atom is -0.463 e. The Labute approximate surface area is 164 Å². The summed E-state index contributed by atoms with van der Waals surface area (Å²) in [4.78, 5) is 26.0. The number of nitrogens with one attached hydrogen (secondary N) is 1. The van der Waals surface area contributed by atoms with E-state index in [0.29, 0.717) is 29.1 Å². The van der Waals surface area contributed by atoms with Gasteiger partial charge >= 0.3 is 5.97 Å². The molecule has 3 aliphatic rings. The van der Waals surface area contributed by atoms with Gasteiger partial charge in [0, 0.05) is 29.3 Å². The van der Waals surface area contributed by atoms with E-state index in [4.69, 9.17) is 14.2 Å². The number of carbonyl (C=O) groups is 2. The van der Waals surface area contributed by atoms with E-state index < -0.39 is 11.9 Å². The minimum atomic E-state index is -0.478. The van der Waals surface area contributed by atoms with Crippen molar-refractivity contribution < 1.29 is 23.8 Å². The van der Waals surface area contributed by atoms with Crippen molar-refractivity contribution in [1.29, 1.82) is 0 Å². The van der Waals surface area contributed by atoms with Crippen molar-refractivity contribution in [3.05, 3.63) is 46.3 Å². The maximum Gasteiger partial charge on any atom is 0.336 e. The second-order valence-electron chi connectivity index (χ2n) is 8.26. The topological polar surface area (TPSA) is 73.9 Å². The zero-order valence-electron chi connectivity index (χ0n) is 16.7. The van der Waals surface area contributed by atoms with Crippen LogP contribution in [0, 0.1) is 5.41 Å². The molecular weight excluding hydrogens is 358 g/mol. The Kier molecular flexibility index (Phi) is 4.44. The van der Waals surface area contributed by atoms with Crippen LogP contribution in [0.1, 0.15) is 52.0 Å². The molecule has 0 aromatic heterocycles. The van der Waals surface area contributed by atoms with Crippen LogP contribution in [0.5, 0.6) is 11.5 Å². The van der Waals surface area contributed by atoms with Crippen molar-refractivity contribution in [2.45, 2.75) is 46.5 Å². The number of Topliss-reactive ketones (excluding diaryl/α,β-unsaturated/α-hetero) is 1. The molecular formula is C22H25NO5. The first kappa shape index (κ1) is 18.6. The van der Waals surface area contributed by atoms with Gasteiger partial charge in [-0.05, 0) is 43.4 Å². The summed E-state index contributed by atoms with van der Waals surface area (Å²) in [5, 5.41) is 3.33. The van der Waals surface area contributed by atoms with Gasteiger partial charge in [-0.3, -0.25) is 4.79 Å². The summed E-state index contributed by atoms with van der Waals surface area (Å²) in [6.07, 6.45) is 1.20. The van der Waals surface area contributed by atoms with E-state index in [0.717, 1.165) is 23.4 Å². The van der Waals surface area contributed by atoms with Gasteiger partial charge in [-0.2, -0.15) is 0 Å². The number of esters is 1. The van der Waals surface area contributed by atoms with Gasteiger partial charge in [-0.25, -0.2) is 4.79 Å². The molecule has 1 N–H and O–H groups in total. The van der Waals surface area contributed by atoms with Crippen LogP contribution in [0.25, 0.3) is 0 Å². The lowest BCUT2D eigenvalue weighted by Gasteiger charge is -2.39. The molecule has 2 heterocycles. The number of ketones is 1. The van der Waals surface area contributed by atoms with Crippen molar-refractivity contribution in [1.82, 2.24) is 5.32 Å². The van der Waals surface area contributed by atoms with Crippen molar-refractivity contribution in [2.24, 2.45) is 5.41 Å². The number of hydrogen-bond donors (Lipinski definition) is 1. The van der Waals surface area contributed by atoms with Crippen LogP contribution in [-0.2, 0) is 14.3 Å². The Morgan fingerprint density at radius 2 is 2.00 bits per heavy atom. The van der Waals surface area contributed by atoms with Crippen LogP contribution < -0.4 is 14.8 Å². The molecule has 2 aliphatic heterocycles.